The van der Waals surface area contributed by atoms with E-state index >= 15 is 0 Å². The van der Waals surface area contributed by atoms with Gasteiger partial charge in [0.1, 0.15) is 5.75 Å². The molecule has 0 saturated heterocycles. The van der Waals surface area contributed by atoms with E-state index < -0.39 is 10.0 Å². The SMILES string of the molecule is CCCCC(CC)CNS(=O)(=O)c1ccc2cc(OC)ccc2c1. The molecule has 4 nitrogen and oxygen atoms in total. The molecule has 0 heterocycles. The van der Waals surface area contributed by atoms with Crippen molar-refractivity contribution in [3.05, 3.63) is 36.4 Å². The smallest absolute Gasteiger partial charge is 0.240 e. The average molecular weight is 349 g/mol. The fourth-order valence-electron chi connectivity index (χ4n) is 2.75. The van der Waals surface area contributed by atoms with Crippen LogP contribution in [0.3, 0.4) is 0 Å². The van der Waals surface area contributed by atoms with Crippen LogP contribution >= 0.6 is 0 Å². The van der Waals surface area contributed by atoms with Gasteiger partial charge in [0.15, 0.2) is 0 Å². The van der Waals surface area contributed by atoms with E-state index in [0.29, 0.717) is 17.4 Å². The second kappa shape index (κ2) is 8.49. The monoisotopic (exact) mass is 349 g/mol. The number of rotatable bonds is 9. The van der Waals surface area contributed by atoms with Crippen LogP contribution in [0.2, 0.25) is 0 Å². The van der Waals surface area contributed by atoms with Crippen LogP contribution in [0.25, 0.3) is 10.8 Å². The Balaban J connectivity index is 2.15. The van der Waals surface area contributed by atoms with Crippen molar-refractivity contribution in [2.75, 3.05) is 13.7 Å². The molecule has 0 aliphatic heterocycles. The van der Waals surface area contributed by atoms with Gasteiger partial charge >= 0.3 is 0 Å². The third-order valence-corrected chi connectivity index (χ3v) is 5.86. The molecule has 0 bridgehead atoms. The molecule has 0 amide bonds. The lowest BCUT2D eigenvalue weighted by atomic mass is 10.00. The maximum Gasteiger partial charge on any atom is 0.240 e. The number of methoxy groups -OCH3 is 1. The summed E-state index contributed by atoms with van der Waals surface area (Å²) in [5.74, 6) is 1.15. The van der Waals surface area contributed by atoms with Crippen LogP contribution in [-0.4, -0.2) is 22.1 Å². The second-order valence-corrected chi connectivity index (χ2v) is 7.91. The van der Waals surface area contributed by atoms with E-state index in [0.717, 1.165) is 42.2 Å². The van der Waals surface area contributed by atoms with Crippen molar-refractivity contribution in [3.8, 4) is 5.75 Å². The Labute approximate surface area is 145 Å². The second-order valence-electron chi connectivity index (χ2n) is 6.14. The number of ether oxygens (including phenoxy) is 1. The van der Waals surface area contributed by atoms with Crippen LogP contribution in [0.5, 0.6) is 5.75 Å². The maximum atomic E-state index is 12.6. The molecule has 24 heavy (non-hydrogen) atoms. The summed E-state index contributed by atoms with van der Waals surface area (Å²) in [6.07, 6.45) is 4.32. The van der Waals surface area contributed by atoms with Crippen molar-refractivity contribution in [2.45, 2.75) is 44.4 Å². The summed E-state index contributed by atoms with van der Waals surface area (Å²) in [5.41, 5.74) is 0. The van der Waals surface area contributed by atoms with Crippen LogP contribution in [0.1, 0.15) is 39.5 Å². The molecule has 1 atom stereocenters. The summed E-state index contributed by atoms with van der Waals surface area (Å²) in [6.45, 7) is 4.76. The molecule has 2 rings (SSSR count). The Morgan fingerprint density at radius 1 is 1.08 bits per heavy atom. The minimum absolute atomic E-state index is 0.311. The number of hydrogen-bond acceptors (Lipinski definition) is 3. The lowest BCUT2D eigenvalue weighted by molar-refractivity contribution is 0.415. The quantitative estimate of drug-likeness (QED) is 0.732. The first-order valence-electron chi connectivity index (χ1n) is 8.57. The zero-order valence-electron chi connectivity index (χ0n) is 14.7. The van der Waals surface area contributed by atoms with Gasteiger partial charge in [-0.3, -0.25) is 0 Å². The number of sulfonamides is 1. The molecule has 0 spiro atoms. The summed E-state index contributed by atoms with van der Waals surface area (Å²) in [4.78, 5) is 0.311. The molecule has 5 heteroatoms. The Bertz CT molecular complexity index is 771. The van der Waals surface area contributed by atoms with Crippen molar-refractivity contribution in [1.82, 2.24) is 4.72 Å². The van der Waals surface area contributed by atoms with Crippen molar-refractivity contribution in [2.24, 2.45) is 5.92 Å². The van der Waals surface area contributed by atoms with Crippen molar-refractivity contribution < 1.29 is 13.2 Å². The number of hydrogen-bond donors (Lipinski definition) is 1. The largest absolute Gasteiger partial charge is 0.497 e. The summed E-state index contributed by atoms with van der Waals surface area (Å²) in [6, 6.07) is 10.8. The molecular formula is C19H27NO3S. The first-order valence-corrected chi connectivity index (χ1v) is 10.1. The summed E-state index contributed by atoms with van der Waals surface area (Å²) in [5, 5.41) is 1.85. The molecule has 0 saturated carbocycles. The highest BCUT2D eigenvalue weighted by Crippen LogP contribution is 2.24. The Hall–Kier alpha value is -1.59. The lowest BCUT2D eigenvalue weighted by Gasteiger charge is -2.15. The minimum atomic E-state index is -3.48. The van der Waals surface area contributed by atoms with Crippen molar-refractivity contribution in [1.29, 1.82) is 0 Å². The van der Waals surface area contributed by atoms with Gasteiger partial charge in [-0.2, -0.15) is 0 Å². The van der Waals surface area contributed by atoms with Gasteiger partial charge < -0.3 is 4.74 Å². The van der Waals surface area contributed by atoms with Crippen molar-refractivity contribution >= 4 is 20.8 Å². The fourth-order valence-corrected chi connectivity index (χ4v) is 3.90. The van der Waals surface area contributed by atoms with Gasteiger partial charge in [0.05, 0.1) is 12.0 Å². The first-order chi connectivity index (χ1) is 11.5. The molecule has 1 N–H and O–H groups in total. The van der Waals surface area contributed by atoms with E-state index in [-0.39, 0.29) is 0 Å². The van der Waals surface area contributed by atoms with Crippen LogP contribution in [0.4, 0.5) is 0 Å². The first kappa shape index (κ1) is 18.7. The Kier molecular flexibility index (Phi) is 6.63. The van der Waals surface area contributed by atoms with Gasteiger partial charge in [-0.05, 0) is 47.4 Å². The predicted molar refractivity (Wildman–Crippen MR) is 99.0 cm³/mol. The van der Waals surface area contributed by atoms with Gasteiger partial charge in [0, 0.05) is 6.54 Å². The van der Waals surface area contributed by atoms with E-state index in [4.69, 9.17) is 4.74 Å². The Morgan fingerprint density at radius 3 is 2.46 bits per heavy atom. The van der Waals surface area contributed by atoms with Gasteiger partial charge in [-0.15, -0.1) is 0 Å². The lowest BCUT2D eigenvalue weighted by Crippen LogP contribution is -2.29. The molecular weight excluding hydrogens is 322 g/mol. The topological polar surface area (TPSA) is 55.4 Å². The zero-order chi connectivity index (χ0) is 17.6. The highest BCUT2D eigenvalue weighted by atomic mass is 32.2. The molecule has 0 aliphatic rings. The number of benzene rings is 2. The van der Waals surface area contributed by atoms with Crippen LogP contribution in [-0.2, 0) is 10.0 Å². The molecule has 0 radical (unpaired) electrons. The van der Waals surface area contributed by atoms with E-state index in [1.807, 2.05) is 24.3 Å². The standard InChI is InChI=1S/C19H27NO3S/c1-4-6-7-15(5-2)14-20-24(21,22)19-11-9-16-12-18(23-3)10-8-17(16)13-19/h8-13,15,20H,4-7,14H2,1-3H3. The van der Waals surface area contributed by atoms with Crippen LogP contribution in [0.15, 0.2) is 41.3 Å². The summed E-state index contributed by atoms with van der Waals surface area (Å²) in [7, 11) is -1.86. The van der Waals surface area contributed by atoms with E-state index in [1.54, 1.807) is 19.2 Å². The molecule has 132 valence electrons. The average Bonchev–Trinajstić information content (AvgIpc) is 2.60. The summed E-state index contributed by atoms with van der Waals surface area (Å²) < 4.78 is 33.1. The van der Waals surface area contributed by atoms with Crippen molar-refractivity contribution in [3.63, 3.8) is 0 Å². The van der Waals surface area contributed by atoms with E-state index in [1.165, 1.54) is 0 Å². The molecule has 0 fully saturated rings. The molecule has 0 aliphatic carbocycles. The molecule has 2 aromatic rings. The van der Waals surface area contributed by atoms with E-state index in [2.05, 4.69) is 18.6 Å². The van der Waals surface area contributed by atoms with Gasteiger partial charge in [0.25, 0.3) is 0 Å². The highest BCUT2D eigenvalue weighted by Gasteiger charge is 2.16. The number of unbranched alkanes of at least 4 members (excludes halogenated alkanes) is 1. The normalized spacial score (nSPS) is 13.1. The molecule has 2 aromatic carbocycles. The third kappa shape index (κ3) is 4.71. The third-order valence-electron chi connectivity index (χ3n) is 4.43. The summed E-state index contributed by atoms with van der Waals surface area (Å²) >= 11 is 0. The zero-order valence-corrected chi connectivity index (χ0v) is 15.5. The van der Waals surface area contributed by atoms with Gasteiger partial charge in [-0.25, -0.2) is 13.1 Å². The van der Waals surface area contributed by atoms with Crippen LogP contribution in [0, 0.1) is 5.92 Å². The van der Waals surface area contributed by atoms with E-state index in [9.17, 15) is 8.42 Å². The van der Waals surface area contributed by atoms with Gasteiger partial charge in [0.2, 0.25) is 10.0 Å². The highest BCUT2D eigenvalue weighted by molar-refractivity contribution is 7.89. The Morgan fingerprint density at radius 2 is 1.79 bits per heavy atom. The number of fused-ring (bicyclic) bond motifs is 1. The van der Waals surface area contributed by atoms with Crippen LogP contribution < -0.4 is 9.46 Å². The molecule has 1 unspecified atom stereocenters. The minimum Gasteiger partial charge on any atom is -0.497 e. The molecule has 0 aromatic heterocycles. The van der Waals surface area contributed by atoms with Gasteiger partial charge in [-0.1, -0.05) is 45.2 Å². The fraction of sp³-hybridized carbons (Fsp3) is 0.474. The maximum absolute atomic E-state index is 12.6. The predicted octanol–water partition coefficient (Wildman–Crippen LogP) is 4.34. The number of nitrogens with one attached hydrogen (secondary N) is 1.